The molecule has 1 aromatic carbocycles. The molecule has 0 aliphatic carbocycles. The fraction of sp³-hybridized carbons (Fsp3) is 0.632. The zero-order chi connectivity index (χ0) is 18.7. The highest BCUT2D eigenvalue weighted by Crippen LogP contribution is 2.16. The van der Waals surface area contributed by atoms with Crippen LogP contribution in [-0.2, 0) is 21.5 Å². The van der Waals surface area contributed by atoms with Gasteiger partial charge in [-0.2, -0.15) is 8.42 Å². The topological polar surface area (TPSA) is 63.7 Å². The van der Waals surface area contributed by atoms with Gasteiger partial charge in [0.15, 0.2) is 0 Å². The van der Waals surface area contributed by atoms with E-state index >= 15 is 0 Å². The Balaban J connectivity index is 2.65. The molecule has 0 bridgehead atoms. The van der Waals surface area contributed by atoms with Crippen molar-refractivity contribution in [1.29, 1.82) is 0 Å². The number of unbranched alkanes of at least 4 members (excludes halogenated alkanes) is 4. The lowest BCUT2D eigenvalue weighted by Gasteiger charge is -2.23. The van der Waals surface area contributed by atoms with Gasteiger partial charge in [0.05, 0.1) is 6.26 Å². The summed E-state index contributed by atoms with van der Waals surface area (Å²) < 4.78 is 27.1. The summed E-state index contributed by atoms with van der Waals surface area (Å²) >= 11 is 0. The molecule has 0 saturated carbocycles. The standard InChI is InChI=1S/C19H31NO4S/c1-4-6-8-9-10-19(21)20(15-7-5-2)16-17-11-13-18(14-12-17)24-25(3,22)23/h11-14H,4-10,15-16H2,1-3H3. The Bertz CT molecular complexity index is 611. The summed E-state index contributed by atoms with van der Waals surface area (Å²) in [6.07, 6.45) is 8.01. The minimum absolute atomic E-state index is 0.195. The Morgan fingerprint density at radius 2 is 1.64 bits per heavy atom. The quantitative estimate of drug-likeness (QED) is 0.411. The summed E-state index contributed by atoms with van der Waals surface area (Å²) in [6.45, 7) is 5.57. The summed E-state index contributed by atoms with van der Waals surface area (Å²) in [6, 6.07) is 6.87. The minimum Gasteiger partial charge on any atom is -0.383 e. The highest BCUT2D eigenvalue weighted by Gasteiger charge is 2.13. The van der Waals surface area contributed by atoms with Crippen molar-refractivity contribution in [3.8, 4) is 5.75 Å². The Hall–Kier alpha value is -1.56. The fourth-order valence-corrected chi connectivity index (χ4v) is 3.01. The smallest absolute Gasteiger partial charge is 0.306 e. The zero-order valence-corrected chi connectivity index (χ0v) is 16.5. The van der Waals surface area contributed by atoms with Crippen molar-refractivity contribution in [2.75, 3.05) is 12.8 Å². The Kier molecular flexibility index (Phi) is 9.57. The van der Waals surface area contributed by atoms with Crippen LogP contribution in [0.15, 0.2) is 24.3 Å². The van der Waals surface area contributed by atoms with Gasteiger partial charge < -0.3 is 9.08 Å². The lowest BCUT2D eigenvalue weighted by atomic mass is 10.1. The van der Waals surface area contributed by atoms with Crippen LogP contribution in [0.4, 0.5) is 0 Å². The summed E-state index contributed by atoms with van der Waals surface area (Å²) in [5.41, 5.74) is 0.971. The first-order valence-corrected chi connectivity index (χ1v) is 10.9. The van der Waals surface area contributed by atoms with Crippen molar-refractivity contribution >= 4 is 16.0 Å². The zero-order valence-electron chi connectivity index (χ0n) is 15.7. The van der Waals surface area contributed by atoms with Crippen molar-refractivity contribution < 1.29 is 17.4 Å². The number of nitrogens with zero attached hydrogens (tertiary/aromatic N) is 1. The van der Waals surface area contributed by atoms with Crippen LogP contribution in [0.1, 0.15) is 64.4 Å². The van der Waals surface area contributed by atoms with Gasteiger partial charge in [-0.25, -0.2) is 0 Å². The SMILES string of the molecule is CCCCCCC(=O)N(CCCC)Cc1ccc(OS(C)(=O)=O)cc1. The molecule has 1 amide bonds. The molecule has 0 unspecified atom stereocenters. The molecule has 0 saturated heterocycles. The highest BCUT2D eigenvalue weighted by molar-refractivity contribution is 7.86. The van der Waals surface area contributed by atoms with Crippen LogP contribution >= 0.6 is 0 Å². The minimum atomic E-state index is -3.52. The molecule has 0 heterocycles. The predicted molar refractivity (Wildman–Crippen MR) is 101 cm³/mol. The van der Waals surface area contributed by atoms with Gasteiger partial charge in [-0.15, -0.1) is 0 Å². The first kappa shape index (κ1) is 21.5. The molecule has 142 valence electrons. The monoisotopic (exact) mass is 369 g/mol. The maximum absolute atomic E-state index is 12.5. The van der Waals surface area contributed by atoms with Crippen LogP contribution in [0.3, 0.4) is 0 Å². The number of benzene rings is 1. The van der Waals surface area contributed by atoms with Crippen molar-refractivity contribution in [2.24, 2.45) is 0 Å². The number of rotatable bonds is 12. The number of carbonyl (C=O) groups is 1. The number of amides is 1. The Labute approximate surface area is 152 Å². The third-order valence-corrected chi connectivity index (χ3v) is 4.42. The van der Waals surface area contributed by atoms with Crippen LogP contribution < -0.4 is 4.18 Å². The van der Waals surface area contributed by atoms with Crippen LogP contribution in [-0.4, -0.2) is 32.0 Å². The van der Waals surface area contributed by atoms with Gasteiger partial charge in [0.2, 0.25) is 5.91 Å². The van der Waals surface area contributed by atoms with Gasteiger partial charge in [0, 0.05) is 19.5 Å². The maximum Gasteiger partial charge on any atom is 0.306 e. The lowest BCUT2D eigenvalue weighted by molar-refractivity contribution is -0.132. The van der Waals surface area contributed by atoms with Crippen LogP contribution in [0, 0.1) is 0 Å². The van der Waals surface area contributed by atoms with E-state index < -0.39 is 10.1 Å². The van der Waals surface area contributed by atoms with E-state index in [1.165, 1.54) is 6.42 Å². The largest absolute Gasteiger partial charge is 0.383 e. The van der Waals surface area contributed by atoms with E-state index in [9.17, 15) is 13.2 Å². The molecule has 0 aromatic heterocycles. The fourth-order valence-electron chi connectivity index (χ4n) is 2.55. The second-order valence-corrected chi connectivity index (χ2v) is 7.99. The van der Waals surface area contributed by atoms with Crippen molar-refractivity contribution in [1.82, 2.24) is 4.90 Å². The maximum atomic E-state index is 12.5. The van der Waals surface area contributed by atoms with Crippen molar-refractivity contribution in [2.45, 2.75) is 65.3 Å². The second-order valence-electron chi connectivity index (χ2n) is 6.41. The van der Waals surface area contributed by atoms with Crippen molar-refractivity contribution in [3.63, 3.8) is 0 Å². The van der Waals surface area contributed by atoms with E-state index in [0.29, 0.717) is 13.0 Å². The summed E-state index contributed by atoms with van der Waals surface area (Å²) in [4.78, 5) is 14.4. The molecule has 0 aliphatic rings. The first-order chi connectivity index (χ1) is 11.9. The molecular formula is C19H31NO4S. The van der Waals surface area contributed by atoms with Crippen LogP contribution in [0.5, 0.6) is 5.75 Å². The number of hydrogen-bond acceptors (Lipinski definition) is 4. The van der Waals surface area contributed by atoms with E-state index in [4.69, 9.17) is 4.18 Å². The third kappa shape index (κ3) is 9.48. The molecule has 0 aliphatic heterocycles. The van der Waals surface area contributed by atoms with Gasteiger partial charge in [0.25, 0.3) is 0 Å². The molecule has 1 aromatic rings. The first-order valence-electron chi connectivity index (χ1n) is 9.12. The molecule has 0 N–H and O–H groups in total. The number of carbonyl (C=O) groups excluding carboxylic acids is 1. The average Bonchev–Trinajstić information content (AvgIpc) is 2.55. The van der Waals surface area contributed by atoms with Gasteiger partial charge in [-0.3, -0.25) is 4.79 Å². The molecule has 6 heteroatoms. The highest BCUT2D eigenvalue weighted by atomic mass is 32.2. The second kappa shape index (κ2) is 11.1. The van der Waals surface area contributed by atoms with E-state index in [1.54, 1.807) is 12.1 Å². The van der Waals surface area contributed by atoms with Gasteiger partial charge >= 0.3 is 10.1 Å². The Morgan fingerprint density at radius 1 is 1.00 bits per heavy atom. The summed E-state index contributed by atoms with van der Waals surface area (Å²) in [7, 11) is -3.52. The van der Waals surface area contributed by atoms with E-state index in [0.717, 1.165) is 50.5 Å². The molecule has 0 radical (unpaired) electrons. The molecule has 25 heavy (non-hydrogen) atoms. The molecular weight excluding hydrogens is 338 g/mol. The molecule has 1 rings (SSSR count). The van der Waals surface area contributed by atoms with E-state index in [-0.39, 0.29) is 11.7 Å². The molecule has 0 fully saturated rings. The normalized spacial score (nSPS) is 11.3. The van der Waals surface area contributed by atoms with E-state index in [2.05, 4.69) is 13.8 Å². The van der Waals surface area contributed by atoms with Gasteiger partial charge in [-0.1, -0.05) is 51.7 Å². The molecule has 5 nitrogen and oxygen atoms in total. The molecule has 0 spiro atoms. The predicted octanol–water partition coefficient (Wildman–Crippen LogP) is 4.12. The Morgan fingerprint density at radius 3 is 2.20 bits per heavy atom. The number of hydrogen-bond donors (Lipinski definition) is 0. The van der Waals surface area contributed by atoms with Crippen LogP contribution in [0.2, 0.25) is 0 Å². The van der Waals surface area contributed by atoms with Gasteiger partial charge in [0.1, 0.15) is 5.75 Å². The lowest BCUT2D eigenvalue weighted by Crippen LogP contribution is -2.31. The van der Waals surface area contributed by atoms with Crippen LogP contribution in [0.25, 0.3) is 0 Å². The van der Waals surface area contributed by atoms with E-state index in [1.807, 2.05) is 17.0 Å². The molecule has 0 atom stereocenters. The van der Waals surface area contributed by atoms with Gasteiger partial charge in [-0.05, 0) is 30.5 Å². The summed E-state index contributed by atoms with van der Waals surface area (Å²) in [5, 5.41) is 0. The van der Waals surface area contributed by atoms with Crippen molar-refractivity contribution in [3.05, 3.63) is 29.8 Å². The average molecular weight is 370 g/mol. The third-order valence-electron chi connectivity index (χ3n) is 3.92. The summed E-state index contributed by atoms with van der Waals surface area (Å²) in [5.74, 6) is 0.485.